The van der Waals surface area contributed by atoms with Gasteiger partial charge in [-0.3, -0.25) is 4.90 Å². The molecule has 1 atom stereocenters. The lowest BCUT2D eigenvalue weighted by Gasteiger charge is -2.40. The number of hydrogen-bond acceptors (Lipinski definition) is 4. The summed E-state index contributed by atoms with van der Waals surface area (Å²) in [4.78, 5) is 7.81. The van der Waals surface area contributed by atoms with Crippen LogP contribution in [0.5, 0.6) is 0 Å². The van der Waals surface area contributed by atoms with Crippen LogP contribution in [0.15, 0.2) is 79.7 Å². The quantitative estimate of drug-likeness (QED) is 0.355. The van der Waals surface area contributed by atoms with E-state index in [-0.39, 0.29) is 0 Å². The Morgan fingerprint density at radius 3 is 2.17 bits per heavy atom. The van der Waals surface area contributed by atoms with Crippen LogP contribution in [-0.2, 0) is 0 Å². The highest BCUT2D eigenvalue weighted by atomic mass is 15.3. The summed E-state index contributed by atoms with van der Waals surface area (Å²) < 4.78 is 0. The highest BCUT2D eigenvalue weighted by Gasteiger charge is 2.25. The molecule has 5 heteroatoms. The lowest BCUT2D eigenvalue weighted by Crippen LogP contribution is -2.49. The molecule has 3 heterocycles. The minimum Gasteiger partial charge on any atom is -0.379 e. The first-order valence-corrected chi connectivity index (χ1v) is 15.7. The number of piperazine rings is 1. The molecule has 3 aliphatic heterocycles. The Labute approximate surface area is 249 Å². The van der Waals surface area contributed by atoms with E-state index in [4.69, 9.17) is 0 Å². The molecule has 0 bridgehead atoms. The Bertz CT molecular complexity index is 1260. The molecule has 3 fully saturated rings. The third-order valence-electron chi connectivity index (χ3n) is 9.58. The third kappa shape index (κ3) is 7.19. The molecule has 1 unspecified atom stereocenters. The van der Waals surface area contributed by atoms with Gasteiger partial charge in [0.05, 0.1) is 0 Å². The Balaban J connectivity index is 1.07. The summed E-state index contributed by atoms with van der Waals surface area (Å²) in [5.41, 5.74) is 11.2. The van der Waals surface area contributed by atoms with Gasteiger partial charge in [-0.05, 0) is 85.9 Å². The van der Waals surface area contributed by atoms with Gasteiger partial charge in [-0.15, -0.1) is 18.6 Å². The highest BCUT2D eigenvalue weighted by molar-refractivity contribution is 6.54. The highest BCUT2D eigenvalue weighted by Crippen LogP contribution is 2.29. The molecule has 2 aromatic carbocycles. The molecule has 0 saturated carbocycles. The van der Waals surface area contributed by atoms with Gasteiger partial charge in [0.1, 0.15) is 0 Å². The first-order valence-electron chi connectivity index (χ1n) is 15.7. The molecular weight excluding hydrogens is 499 g/mol. The number of rotatable bonds is 9. The maximum Gasteiger partial charge on any atom is 0.182 e. The minimum atomic E-state index is 0.297. The average Bonchev–Trinajstić information content (AvgIpc) is 2.99. The minimum absolute atomic E-state index is 0.297. The van der Waals surface area contributed by atoms with Crippen molar-refractivity contribution in [1.29, 1.82) is 0 Å². The van der Waals surface area contributed by atoms with Crippen molar-refractivity contribution >= 4 is 29.9 Å². The fraction of sp³-hybridized carbons (Fsp3) is 0.444. The van der Waals surface area contributed by atoms with E-state index >= 15 is 0 Å². The standard InChI is InChI=1S/C36H49BN4/c1-7-26(2)32-9-11-33(12-10-32)40-18-16-31(17-19-40)25-39-20-22-41(23-21-39)34-13-14-35(27(3)24-34)30(6)38-36-15-8-28(4)37-29(36)5/h9-14,24,31,36-38H,2,4-8,15-23,25H2,1,3H3. The van der Waals surface area contributed by atoms with Crippen molar-refractivity contribution in [1.82, 2.24) is 10.2 Å². The van der Waals surface area contributed by atoms with Crippen LogP contribution in [0.4, 0.5) is 11.4 Å². The summed E-state index contributed by atoms with van der Waals surface area (Å²) >= 11 is 0. The van der Waals surface area contributed by atoms with Gasteiger partial charge in [0.25, 0.3) is 0 Å². The summed E-state index contributed by atoms with van der Waals surface area (Å²) in [6.45, 7) is 29.4. The number of anilines is 2. The number of allylic oxidation sites excluding steroid dienone is 2. The van der Waals surface area contributed by atoms with E-state index in [2.05, 4.69) is 103 Å². The van der Waals surface area contributed by atoms with Crippen molar-refractivity contribution in [3.63, 3.8) is 0 Å². The first kappa shape index (κ1) is 29.3. The topological polar surface area (TPSA) is 21.8 Å². The van der Waals surface area contributed by atoms with Gasteiger partial charge in [0.15, 0.2) is 7.28 Å². The number of hydrogen-bond donors (Lipinski definition) is 1. The first-order chi connectivity index (χ1) is 19.8. The molecule has 1 N–H and O–H groups in total. The zero-order chi connectivity index (χ0) is 28.9. The molecule has 5 rings (SSSR count). The predicted octanol–water partition coefficient (Wildman–Crippen LogP) is 6.64. The van der Waals surface area contributed by atoms with Gasteiger partial charge in [-0.2, -0.15) is 0 Å². The maximum absolute atomic E-state index is 4.37. The maximum atomic E-state index is 4.37. The number of benzene rings is 2. The van der Waals surface area contributed by atoms with Crippen LogP contribution >= 0.6 is 0 Å². The summed E-state index contributed by atoms with van der Waals surface area (Å²) in [6, 6.07) is 16.2. The Kier molecular flexibility index (Phi) is 9.44. The van der Waals surface area contributed by atoms with Crippen LogP contribution in [-0.4, -0.2) is 64.0 Å². The van der Waals surface area contributed by atoms with Crippen molar-refractivity contribution < 1.29 is 0 Å². The molecule has 4 nitrogen and oxygen atoms in total. The van der Waals surface area contributed by atoms with E-state index in [0.29, 0.717) is 6.04 Å². The van der Waals surface area contributed by atoms with Crippen LogP contribution in [0, 0.1) is 12.8 Å². The number of aryl methyl sites for hydroxylation is 1. The van der Waals surface area contributed by atoms with Crippen molar-refractivity contribution in [2.24, 2.45) is 5.92 Å². The molecule has 0 radical (unpaired) electrons. The average molecular weight is 549 g/mol. The van der Waals surface area contributed by atoms with E-state index in [1.807, 2.05) is 0 Å². The van der Waals surface area contributed by atoms with Crippen molar-refractivity contribution in [3.8, 4) is 0 Å². The second kappa shape index (κ2) is 13.2. The molecule has 2 aromatic rings. The zero-order valence-electron chi connectivity index (χ0n) is 25.6. The lowest BCUT2D eigenvalue weighted by molar-refractivity contribution is 0.201. The monoisotopic (exact) mass is 548 g/mol. The molecule has 0 amide bonds. The molecular formula is C36H49BN4. The van der Waals surface area contributed by atoms with Gasteiger partial charge < -0.3 is 15.1 Å². The Morgan fingerprint density at radius 1 is 0.878 bits per heavy atom. The van der Waals surface area contributed by atoms with Gasteiger partial charge in [0.2, 0.25) is 0 Å². The van der Waals surface area contributed by atoms with Gasteiger partial charge in [0, 0.05) is 74.5 Å². The Hall–Kier alpha value is -3.18. The number of nitrogens with zero attached hydrogens (tertiary/aromatic N) is 3. The molecule has 0 spiro atoms. The van der Waals surface area contributed by atoms with Crippen LogP contribution in [0.3, 0.4) is 0 Å². The number of piperidine rings is 1. The summed E-state index contributed by atoms with van der Waals surface area (Å²) in [5.74, 6) is 0.801. The van der Waals surface area contributed by atoms with E-state index in [1.165, 1.54) is 64.0 Å². The fourth-order valence-corrected chi connectivity index (χ4v) is 6.77. The van der Waals surface area contributed by atoms with Gasteiger partial charge in [-0.25, -0.2) is 0 Å². The molecule has 0 aliphatic carbocycles. The van der Waals surface area contributed by atoms with Crippen molar-refractivity contribution in [3.05, 3.63) is 96.4 Å². The third-order valence-corrected chi connectivity index (χ3v) is 9.58. The number of nitrogens with one attached hydrogen (secondary N) is 1. The van der Waals surface area contributed by atoms with E-state index in [1.54, 1.807) is 0 Å². The van der Waals surface area contributed by atoms with Crippen molar-refractivity contribution in [2.75, 3.05) is 55.6 Å². The van der Waals surface area contributed by atoms with Gasteiger partial charge in [-0.1, -0.05) is 43.8 Å². The molecule has 3 saturated heterocycles. The lowest BCUT2D eigenvalue weighted by atomic mass is 9.55. The Morgan fingerprint density at radius 2 is 1.54 bits per heavy atom. The predicted molar refractivity (Wildman–Crippen MR) is 181 cm³/mol. The fourth-order valence-electron chi connectivity index (χ4n) is 6.77. The van der Waals surface area contributed by atoms with Crippen LogP contribution in [0.2, 0.25) is 0 Å². The normalized spacial score (nSPS) is 20.6. The van der Waals surface area contributed by atoms with E-state index in [0.717, 1.165) is 77.4 Å². The second-order valence-electron chi connectivity index (χ2n) is 12.5. The second-order valence-corrected chi connectivity index (χ2v) is 12.5. The molecule has 41 heavy (non-hydrogen) atoms. The van der Waals surface area contributed by atoms with Crippen molar-refractivity contribution in [2.45, 2.75) is 52.0 Å². The summed E-state index contributed by atoms with van der Waals surface area (Å²) in [7, 11) is 0.929. The molecule has 3 aliphatic rings. The largest absolute Gasteiger partial charge is 0.379 e. The van der Waals surface area contributed by atoms with Gasteiger partial charge >= 0.3 is 0 Å². The summed E-state index contributed by atoms with van der Waals surface area (Å²) in [6.07, 6.45) is 5.70. The van der Waals surface area contributed by atoms with Crippen LogP contribution in [0.25, 0.3) is 11.3 Å². The zero-order valence-corrected chi connectivity index (χ0v) is 25.6. The molecule has 0 aromatic heterocycles. The van der Waals surface area contributed by atoms with E-state index in [9.17, 15) is 0 Å². The summed E-state index contributed by atoms with van der Waals surface area (Å²) in [5, 5.41) is 3.65. The van der Waals surface area contributed by atoms with E-state index < -0.39 is 0 Å². The van der Waals surface area contributed by atoms with Crippen LogP contribution in [0.1, 0.15) is 55.7 Å². The van der Waals surface area contributed by atoms with Crippen LogP contribution < -0.4 is 15.1 Å². The smallest absolute Gasteiger partial charge is 0.182 e. The SMILES string of the molecule is C=C1BC(=C)C(NC(=C)c2ccc(N3CCN(CC4CCN(c5ccc(C(=C)CC)cc5)CC4)CC3)cc2C)CC1. The molecule has 216 valence electrons.